The second-order valence-corrected chi connectivity index (χ2v) is 8.69. The zero-order valence-electron chi connectivity index (χ0n) is 23.8. The molecule has 0 amide bonds. The standard InChI is InChI=1S/C30H33N3O6.2ClH/c1-34-23-9-7-18(12-25(23)36-3)11-22-21-17-28(39-6)27(38-5)15-20(21)16-30(32-22)33-29(31)14-19-8-10-24(35-2)26(13-19)37-4;;/h7-10,12-13,15-17H,11,14H2,1-6H3,(H2,31,32,33);2*1H. The Bertz CT molecular complexity index is 1510. The molecular formula is C30H35Cl2N3O6. The molecule has 0 aliphatic rings. The van der Waals surface area contributed by atoms with E-state index >= 15 is 0 Å². The van der Waals surface area contributed by atoms with E-state index in [1.165, 1.54) is 0 Å². The first-order valence-electron chi connectivity index (χ1n) is 12.2. The second-order valence-electron chi connectivity index (χ2n) is 8.69. The maximum Gasteiger partial charge on any atom is 0.161 e. The van der Waals surface area contributed by atoms with E-state index in [2.05, 4.69) is 4.99 Å². The first kappa shape index (κ1) is 33.1. The minimum Gasteiger partial charge on any atom is -0.493 e. The third-order valence-electron chi connectivity index (χ3n) is 6.31. The van der Waals surface area contributed by atoms with Crippen LogP contribution in [0.15, 0.2) is 59.6 Å². The van der Waals surface area contributed by atoms with Crippen molar-refractivity contribution in [3.05, 3.63) is 71.4 Å². The van der Waals surface area contributed by atoms with Gasteiger partial charge in [0.1, 0.15) is 5.84 Å². The zero-order chi connectivity index (χ0) is 27.9. The fourth-order valence-corrected chi connectivity index (χ4v) is 4.40. The van der Waals surface area contributed by atoms with Crippen molar-refractivity contribution in [3.63, 3.8) is 0 Å². The molecule has 9 nitrogen and oxygen atoms in total. The summed E-state index contributed by atoms with van der Waals surface area (Å²) in [5.74, 6) is 4.71. The fraction of sp³-hybridized carbons (Fsp3) is 0.267. The van der Waals surface area contributed by atoms with Crippen LogP contribution in [-0.2, 0) is 12.8 Å². The highest BCUT2D eigenvalue weighted by Crippen LogP contribution is 2.36. The summed E-state index contributed by atoms with van der Waals surface area (Å²) < 4.78 is 32.7. The Morgan fingerprint density at radius 1 is 0.634 bits per heavy atom. The molecule has 220 valence electrons. The summed E-state index contributed by atoms with van der Waals surface area (Å²) in [7, 11) is 9.64. The lowest BCUT2D eigenvalue weighted by Crippen LogP contribution is -2.14. The third kappa shape index (κ3) is 7.56. The van der Waals surface area contributed by atoms with Gasteiger partial charge in [-0.1, -0.05) is 12.1 Å². The van der Waals surface area contributed by atoms with Gasteiger partial charge in [-0.25, -0.2) is 9.98 Å². The highest BCUT2D eigenvalue weighted by Gasteiger charge is 2.14. The summed E-state index contributed by atoms with van der Waals surface area (Å²) in [4.78, 5) is 9.55. The normalized spacial score (nSPS) is 10.7. The van der Waals surface area contributed by atoms with Crippen LogP contribution >= 0.6 is 24.8 Å². The molecule has 0 saturated heterocycles. The Hall–Kier alpha value is -4.08. The van der Waals surface area contributed by atoms with Crippen molar-refractivity contribution >= 4 is 47.2 Å². The highest BCUT2D eigenvalue weighted by molar-refractivity contribution is 5.91. The maximum atomic E-state index is 6.38. The molecule has 0 fully saturated rings. The molecule has 2 N–H and O–H groups in total. The Balaban J connectivity index is 0.00000294. The van der Waals surface area contributed by atoms with Gasteiger partial charge in [-0.05, 0) is 59.0 Å². The molecular weight excluding hydrogens is 569 g/mol. The molecule has 4 rings (SSSR count). The summed E-state index contributed by atoms with van der Waals surface area (Å²) in [5.41, 5.74) is 9.12. The molecule has 11 heteroatoms. The number of amidine groups is 1. The van der Waals surface area contributed by atoms with E-state index in [9.17, 15) is 0 Å². The van der Waals surface area contributed by atoms with Crippen molar-refractivity contribution < 1.29 is 28.4 Å². The predicted octanol–water partition coefficient (Wildman–Crippen LogP) is 5.95. The number of ether oxygens (including phenoxy) is 6. The minimum absolute atomic E-state index is 0. The molecule has 4 aromatic rings. The molecule has 0 radical (unpaired) electrons. The number of benzene rings is 3. The molecule has 1 heterocycles. The Morgan fingerprint density at radius 2 is 1.12 bits per heavy atom. The van der Waals surface area contributed by atoms with E-state index in [-0.39, 0.29) is 24.8 Å². The molecule has 0 spiro atoms. The number of halogens is 2. The Kier molecular flexibility index (Phi) is 12.2. The Morgan fingerprint density at radius 3 is 1.68 bits per heavy atom. The number of hydrogen-bond acceptors (Lipinski definition) is 8. The highest BCUT2D eigenvalue weighted by atomic mass is 35.5. The smallest absolute Gasteiger partial charge is 0.161 e. The number of pyridine rings is 1. The summed E-state index contributed by atoms with van der Waals surface area (Å²) >= 11 is 0. The van der Waals surface area contributed by atoms with Crippen LogP contribution in [0, 0.1) is 0 Å². The van der Waals surface area contributed by atoms with Crippen LogP contribution in [0.2, 0.25) is 0 Å². The molecule has 0 aliphatic heterocycles. The van der Waals surface area contributed by atoms with E-state index in [1.807, 2.05) is 54.6 Å². The van der Waals surface area contributed by atoms with Crippen LogP contribution in [-0.4, -0.2) is 53.5 Å². The predicted molar refractivity (Wildman–Crippen MR) is 166 cm³/mol. The van der Waals surface area contributed by atoms with Gasteiger partial charge in [0.2, 0.25) is 0 Å². The van der Waals surface area contributed by atoms with Crippen molar-refractivity contribution in [2.75, 3.05) is 42.7 Å². The number of hydrogen-bond donors (Lipinski definition) is 1. The number of nitrogens with zero attached hydrogens (tertiary/aromatic N) is 2. The van der Waals surface area contributed by atoms with Crippen molar-refractivity contribution in [2.45, 2.75) is 12.8 Å². The van der Waals surface area contributed by atoms with E-state index in [4.69, 9.17) is 39.1 Å². The average molecular weight is 605 g/mol. The lowest BCUT2D eigenvalue weighted by Gasteiger charge is -2.14. The molecule has 1 aromatic heterocycles. The van der Waals surface area contributed by atoms with E-state index in [0.29, 0.717) is 59.0 Å². The average Bonchev–Trinajstić information content (AvgIpc) is 2.96. The van der Waals surface area contributed by atoms with Gasteiger partial charge in [0.25, 0.3) is 0 Å². The van der Waals surface area contributed by atoms with E-state index in [0.717, 1.165) is 27.6 Å². The fourth-order valence-electron chi connectivity index (χ4n) is 4.40. The quantitative estimate of drug-likeness (QED) is 0.165. The van der Waals surface area contributed by atoms with Crippen LogP contribution in [0.3, 0.4) is 0 Å². The summed E-state index contributed by atoms with van der Waals surface area (Å²) in [6.45, 7) is 0. The van der Waals surface area contributed by atoms with Crippen molar-refractivity contribution in [1.82, 2.24) is 4.98 Å². The van der Waals surface area contributed by atoms with Gasteiger partial charge in [0.15, 0.2) is 40.3 Å². The summed E-state index contributed by atoms with van der Waals surface area (Å²) in [6.07, 6.45) is 0.933. The van der Waals surface area contributed by atoms with Gasteiger partial charge >= 0.3 is 0 Å². The summed E-state index contributed by atoms with van der Waals surface area (Å²) in [5, 5.41) is 1.82. The SMILES string of the molecule is COc1ccc(CC(N)=Nc2cc3cc(OC)c(OC)cc3c(Cc3ccc(OC)c(OC)c3)n2)cc1OC.Cl.Cl. The molecule has 3 aromatic carbocycles. The summed E-state index contributed by atoms with van der Waals surface area (Å²) in [6, 6.07) is 17.2. The number of fused-ring (bicyclic) bond motifs is 1. The number of aliphatic imine (C=N–C) groups is 1. The van der Waals surface area contributed by atoms with Gasteiger partial charge in [-0.15, -0.1) is 24.8 Å². The second kappa shape index (κ2) is 15.1. The molecule has 0 saturated carbocycles. The van der Waals surface area contributed by atoms with Gasteiger partial charge in [0.05, 0.1) is 48.4 Å². The van der Waals surface area contributed by atoms with Gasteiger partial charge in [-0.2, -0.15) is 0 Å². The molecule has 41 heavy (non-hydrogen) atoms. The molecule has 0 unspecified atom stereocenters. The monoisotopic (exact) mass is 603 g/mol. The van der Waals surface area contributed by atoms with Crippen molar-refractivity contribution in [2.24, 2.45) is 10.7 Å². The van der Waals surface area contributed by atoms with Crippen LogP contribution in [0.25, 0.3) is 10.8 Å². The lowest BCUT2D eigenvalue weighted by atomic mass is 10.0. The maximum absolute atomic E-state index is 6.38. The Labute approximate surface area is 252 Å². The first-order valence-corrected chi connectivity index (χ1v) is 12.2. The first-order chi connectivity index (χ1) is 18.9. The van der Waals surface area contributed by atoms with E-state index < -0.39 is 0 Å². The van der Waals surface area contributed by atoms with Crippen LogP contribution in [0.5, 0.6) is 34.5 Å². The number of nitrogens with two attached hydrogens (primary N) is 1. The zero-order valence-corrected chi connectivity index (χ0v) is 25.5. The molecule has 0 bridgehead atoms. The minimum atomic E-state index is 0. The largest absolute Gasteiger partial charge is 0.493 e. The van der Waals surface area contributed by atoms with Crippen molar-refractivity contribution in [3.8, 4) is 34.5 Å². The number of methoxy groups -OCH3 is 6. The third-order valence-corrected chi connectivity index (χ3v) is 6.31. The van der Waals surface area contributed by atoms with Gasteiger partial charge < -0.3 is 34.2 Å². The van der Waals surface area contributed by atoms with Crippen LogP contribution in [0.4, 0.5) is 5.82 Å². The van der Waals surface area contributed by atoms with Crippen LogP contribution in [0.1, 0.15) is 16.8 Å². The number of rotatable bonds is 11. The van der Waals surface area contributed by atoms with Crippen molar-refractivity contribution in [1.29, 1.82) is 0 Å². The van der Waals surface area contributed by atoms with Gasteiger partial charge in [-0.3, -0.25) is 0 Å². The molecule has 0 aliphatic carbocycles. The van der Waals surface area contributed by atoms with Gasteiger partial charge in [0, 0.05) is 18.2 Å². The van der Waals surface area contributed by atoms with Crippen LogP contribution < -0.4 is 34.2 Å². The lowest BCUT2D eigenvalue weighted by molar-refractivity contribution is 0.354. The topological polar surface area (TPSA) is 107 Å². The molecule has 0 atom stereocenters. The number of aromatic nitrogens is 1. The van der Waals surface area contributed by atoms with E-state index in [1.54, 1.807) is 42.7 Å².